The fraction of sp³-hybridized carbons (Fsp3) is 1.00. The van der Waals surface area contributed by atoms with E-state index in [-0.39, 0.29) is 6.04 Å². The van der Waals surface area contributed by atoms with Crippen LogP contribution in [0.25, 0.3) is 0 Å². The zero-order valence-electron chi connectivity index (χ0n) is 8.78. The molecular formula is C8H19N3O2S. The number of hydrogen-bond acceptors (Lipinski definition) is 3. The molecule has 1 saturated heterocycles. The number of nitrogens with zero attached hydrogens (tertiary/aromatic N) is 1. The van der Waals surface area contributed by atoms with E-state index in [1.807, 2.05) is 6.92 Å². The monoisotopic (exact) mass is 221 g/mol. The Labute approximate surface area is 86.0 Å². The van der Waals surface area contributed by atoms with Gasteiger partial charge in [0.05, 0.1) is 0 Å². The van der Waals surface area contributed by atoms with E-state index in [2.05, 4.69) is 14.3 Å². The van der Waals surface area contributed by atoms with Gasteiger partial charge in [0.15, 0.2) is 0 Å². The molecule has 5 nitrogen and oxygen atoms in total. The van der Waals surface area contributed by atoms with Crippen LogP contribution >= 0.6 is 0 Å². The SMILES string of the molecule is CNS(=O)(=O)NCC(C)N1CCCC1. The lowest BCUT2D eigenvalue weighted by atomic mass is 10.3. The van der Waals surface area contributed by atoms with Gasteiger partial charge in [-0.1, -0.05) is 0 Å². The minimum atomic E-state index is -3.27. The average Bonchev–Trinajstić information content (AvgIpc) is 2.67. The highest BCUT2D eigenvalue weighted by Gasteiger charge is 2.19. The van der Waals surface area contributed by atoms with Crippen LogP contribution < -0.4 is 9.44 Å². The van der Waals surface area contributed by atoms with Crippen LogP contribution in [0.2, 0.25) is 0 Å². The van der Waals surface area contributed by atoms with Crippen LogP contribution in [0.15, 0.2) is 0 Å². The highest BCUT2D eigenvalue weighted by Crippen LogP contribution is 2.10. The molecule has 0 saturated carbocycles. The molecule has 1 unspecified atom stereocenters. The third-order valence-electron chi connectivity index (χ3n) is 2.60. The smallest absolute Gasteiger partial charge is 0.276 e. The van der Waals surface area contributed by atoms with Gasteiger partial charge < -0.3 is 0 Å². The van der Waals surface area contributed by atoms with Crippen molar-refractivity contribution >= 4 is 10.2 Å². The van der Waals surface area contributed by atoms with Gasteiger partial charge in [0, 0.05) is 19.6 Å². The lowest BCUT2D eigenvalue weighted by molar-refractivity contribution is 0.259. The Balaban J connectivity index is 2.30. The summed E-state index contributed by atoms with van der Waals surface area (Å²) < 4.78 is 26.9. The molecule has 84 valence electrons. The fourth-order valence-electron chi connectivity index (χ4n) is 1.61. The van der Waals surface area contributed by atoms with Crippen molar-refractivity contribution in [1.82, 2.24) is 14.3 Å². The number of nitrogens with one attached hydrogen (secondary N) is 2. The maximum atomic E-state index is 11.1. The van der Waals surface area contributed by atoms with Crippen LogP contribution in [-0.4, -0.2) is 46.0 Å². The van der Waals surface area contributed by atoms with Gasteiger partial charge in [0.1, 0.15) is 0 Å². The highest BCUT2D eigenvalue weighted by atomic mass is 32.2. The molecule has 0 spiro atoms. The molecule has 0 aliphatic carbocycles. The van der Waals surface area contributed by atoms with Crippen molar-refractivity contribution in [2.75, 3.05) is 26.7 Å². The molecular weight excluding hydrogens is 202 g/mol. The lowest BCUT2D eigenvalue weighted by Gasteiger charge is -2.23. The van der Waals surface area contributed by atoms with E-state index in [0.717, 1.165) is 13.1 Å². The summed E-state index contributed by atoms with van der Waals surface area (Å²) in [7, 11) is -1.87. The summed E-state index contributed by atoms with van der Waals surface area (Å²) in [5.41, 5.74) is 0. The first-order valence-electron chi connectivity index (χ1n) is 4.97. The second kappa shape index (κ2) is 5.06. The maximum Gasteiger partial charge on any atom is 0.276 e. The van der Waals surface area contributed by atoms with Gasteiger partial charge in [-0.15, -0.1) is 0 Å². The first kappa shape index (κ1) is 11.9. The molecule has 1 fully saturated rings. The molecule has 2 N–H and O–H groups in total. The van der Waals surface area contributed by atoms with Gasteiger partial charge in [-0.2, -0.15) is 8.42 Å². The van der Waals surface area contributed by atoms with Crippen LogP contribution in [0.3, 0.4) is 0 Å². The molecule has 0 aromatic rings. The standard InChI is InChI=1S/C8H19N3O2S/c1-8(11-5-3-4-6-11)7-10-14(12,13)9-2/h8-10H,3-7H2,1-2H3. The van der Waals surface area contributed by atoms with Gasteiger partial charge >= 0.3 is 0 Å². The predicted molar refractivity (Wildman–Crippen MR) is 56.3 cm³/mol. The molecule has 14 heavy (non-hydrogen) atoms. The van der Waals surface area contributed by atoms with E-state index < -0.39 is 10.2 Å². The molecule has 0 bridgehead atoms. The van der Waals surface area contributed by atoms with Crippen LogP contribution in [0.4, 0.5) is 0 Å². The largest absolute Gasteiger partial charge is 0.299 e. The summed E-state index contributed by atoms with van der Waals surface area (Å²) in [5.74, 6) is 0. The topological polar surface area (TPSA) is 61.4 Å². The number of rotatable bonds is 5. The van der Waals surface area contributed by atoms with Crippen LogP contribution in [-0.2, 0) is 10.2 Å². The zero-order valence-corrected chi connectivity index (χ0v) is 9.60. The minimum Gasteiger partial charge on any atom is -0.299 e. The molecule has 0 aromatic heterocycles. The van der Waals surface area contributed by atoms with Crippen molar-refractivity contribution in [3.8, 4) is 0 Å². The van der Waals surface area contributed by atoms with Crippen molar-refractivity contribution in [3.05, 3.63) is 0 Å². The van der Waals surface area contributed by atoms with Crippen LogP contribution in [0.5, 0.6) is 0 Å². The average molecular weight is 221 g/mol. The van der Waals surface area contributed by atoms with Crippen molar-refractivity contribution in [3.63, 3.8) is 0 Å². The summed E-state index contributed by atoms with van der Waals surface area (Å²) >= 11 is 0. The second-order valence-corrected chi connectivity index (χ2v) is 5.35. The third-order valence-corrected chi connectivity index (χ3v) is 3.69. The van der Waals surface area contributed by atoms with Crippen molar-refractivity contribution in [2.45, 2.75) is 25.8 Å². The summed E-state index contributed by atoms with van der Waals surface area (Å²) in [6.07, 6.45) is 2.45. The minimum absolute atomic E-state index is 0.278. The Hall–Kier alpha value is -0.170. The second-order valence-electron chi connectivity index (χ2n) is 3.65. The lowest BCUT2D eigenvalue weighted by Crippen LogP contribution is -2.43. The number of hydrogen-bond donors (Lipinski definition) is 2. The van der Waals surface area contributed by atoms with Gasteiger partial charge in [-0.3, -0.25) is 4.90 Å². The molecule has 1 atom stereocenters. The molecule has 1 aliphatic rings. The molecule has 1 heterocycles. The Bertz CT molecular complexity index is 260. The van der Waals surface area contributed by atoms with E-state index in [4.69, 9.17) is 0 Å². The quantitative estimate of drug-likeness (QED) is 0.659. The molecule has 1 rings (SSSR count). The maximum absolute atomic E-state index is 11.1. The summed E-state index contributed by atoms with van der Waals surface area (Å²) in [4.78, 5) is 2.30. The van der Waals surface area contributed by atoms with Crippen molar-refractivity contribution in [2.24, 2.45) is 0 Å². The Morgan fingerprint density at radius 3 is 2.43 bits per heavy atom. The van der Waals surface area contributed by atoms with Gasteiger partial charge in [0.2, 0.25) is 0 Å². The first-order valence-corrected chi connectivity index (χ1v) is 6.45. The van der Waals surface area contributed by atoms with E-state index >= 15 is 0 Å². The normalized spacial score (nSPS) is 21.3. The summed E-state index contributed by atoms with van der Waals surface area (Å²) in [5, 5.41) is 0. The van der Waals surface area contributed by atoms with Gasteiger partial charge in [-0.05, 0) is 32.9 Å². The molecule has 6 heteroatoms. The highest BCUT2D eigenvalue weighted by molar-refractivity contribution is 7.87. The first-order chi connectivity index (χ1) is 6.55. The molecule has 0 radical (unpaired) electrons. The van der Waals surface area contributed by atoms with E-state index in [9.17, 15) is 8.42 Å². The summed E-state index contributed by atoms with van der Waals surface area (Å²) in [6, 6.07) is 0.278. The van der Waals surface area contributed by atoms with E-state index in [1.165, 1.54) is 19.9 Å². The molecule has 0 aromatic carbocycles. The fourth-order valence-corrected chi connectivity index (χ4v) is 2.22. The van der Waals surface area contributed by atoms with Crippen LogP contribution in [0.1, 0.15) is 19.8 Å². The number of likely N-dealkylation sites (tertiary alicyclic amines) is 1. The van der Waals surface area contributed by atoms with E-state index in [1.54, 1.807) is 0 Å². The van der Waals surface area contributed by atoms with Crippen molar-refractivity contribution < 1.29 is 8.42 Å². The van der Waals surface area contributed by atoms with Crippen molar-refractivity contribution in [1.29, 1.82) is 0 Å². The van der Waals surface area contributed by atoms with Crippen LogP contribution in [0, 0.1) is 0 Å². The van der Waals surface area contributed by atoms with E-state index in [0.29, 0.717) is 6.54 Å². The van der Waals surface area contributed by atoms with Gasteiger partial charge in [0.25, 0.3) is 10.2 Å². The molecule has 1 aliphatic heterocycles. The third kappa shape index (κ3) is 3.53. The zero-order chi connectivity index (χ0) is 10.6. The Kier molecular flexibility index (Phi) is 4.31. The Morgan fingerprint density at radius 1 is 1.36 bits per heavy atom. The van der Waals surface area contributed by atoms with Gasteiger partial charge in [-0.25, -0.2) is 9.44 Å². The Morgan fingerprint density at radius 2 is 1.93 bits per heavy atom. The summed E-state index contributed by atoms with van der Waals surface area (Å²) in [6.45, 7) is 4.69. The predicted octanol–water partition coefficient (Wildman–Crippen LogP) is -0.475. The molecule has 0 amide bonds.